The summed E-state index contributed by atoms with van der Waals surface area (Å²) in [4.78, 5) is 13.0. The number of thiocarbonyl (C=S) groups is 1. The molecule has 0 saturated carbocycles. The smallest absolute Gasteiger partial charge is 0.265 e. The second-order valence-corrected chi connectivity index (χ2v) is 7.30. The van der Waals surface area contributed by atoms with Gasteiger partial charge in [0.1, 0.15) is 4.99 Å². The molecule has 3 nitrogen and oxygen atoms in total. The highest BCUT2D eigenvalue weighted by atomic mass is 79.9. The third-order valence-corrected chi connectivity index (χ3v) is 5.76. The number of anilines is 1. The number of halogens is 2. The fourth-order valence-corrected chi connectivity index (χ4v) is 3.46. The van der Waals surface area contributed by atoms with Crippen LogP contribution in [0.2, 0.25) is 0 Å². The average Bonchev–Trinajstić information content (AvgIpc) is 2.70. The number of rotatable bonds is 3. The highest BCUT2D eigenvalue weighted by molar-refractivity contribution is 9.13. The Morgan fingerprint density at radius 3 is 2.63 bits per heavy atom. The van der Waals surface area contributed by atoms with Crippen LogP contribution in [0.25, 0.3) is 0 Å². The van der Waals surface area contributed by atoms with Gasteiger partial charge in [-0.3, -0.25) is 4.79 Å². The van der Waals surface area contributed by atoms with E-state index in [1.807, 2.05) is 0 Å². The first-order chi connectivity index (χ1) is 8.97. The first kappa shape index (κ1) is 14.6. The summed E-state index contributed by atoms with van der Waals surface area (Å²) >= 11 is 13.0. The number of carbonyl (C=O) groups is 1. The molecule has 19 heavy (non-hydrogen) atoms. The van der Waals surface area contributed by atoms with E-state index in [4.69, 9.17) is 18.0 Å². The summed E-state index contributed by atoms with van der Waals surface area (Å²) in [7, 11) is 0. The molecule has 3 N–H and O–H groups in total. The van der Waals surface area contributed by atoms with Crippen molar-refractivity contribution in [2.24, 2.45) is 5.73 Å². The number of thiophene rings is 1. The van der Waals surface area contributed by atoms with Crippen LogP contribution < -0.4 is 11.1 Å². The second kappa shape index (κ2) is 6.13. The fourth-order valence-electron chi connectivity index (χ4n) is 1.40. The van der Waals surface area contributed by atoms with Gasteiger partial charge in [-0.1, -0.05) is 24.4 Å². The first-order valence-electron chi connectivity index (χ1n) is 5.13. The molecule has 0 aliphatic rings. The van der Waals surface area contributed by atoms with Gasteiger partial charge < -0.3 is 11.1 Å². The van der Waals surface area contributed by atoms with E-state index in [0.29, 0.717) is 15.6 Å². The van der Waals surface area contributed by atoms with E-state index in [2.05, 4.69) is 37.2 Å². The van der Waals surface area contributed by atoms with Crippen molar-refractivity contribution in [3.05, 3.63) is 49.0 Å². The lowest BCUT2D eigenvalue weighted by Gasteiger charge is -2.05. The van der Waals surface area contributed by atoms with Crippen molar-refractivity contribution in [2.75, 3.05) is 5.32 Å². The molecular formula is C12H8Br2N2OS2. The monoisotopic (exact) mass is 418 g/mol. The number of benzene rings is 1. The molecule has 98 valence electrons. The van der Waals surface area contributed by atoms with Gasteiger partial charge in [-0.15, -0.1) is 11.3 Å². The number of carbonyl (C=O) groups excluding carboxylic acids is 1. The molecule has 0 saturated heterocycles. The molecule has 0 radical (unpaired) electrons. The fraction of sp³-hybridized carbons (Fsp3) is 0. The van der Waals surface area contributed by atoms with Crippen molar-refractivity contribution in [3.63, 3.8) is 0 Å². The molecule has 1 amide bonds. The van der Waals surface area contributed by atoms with Gasteiger partial charge in [-0.25, -0.2) is 0 Å². The van der Waals surface area contributed by atoms with E-state index in [-0.39, 0.29) is 5.91 Å². The molecule has 0 fully saturated rings. The third-order valence-electron chi connectivity index (χ3n) is 2.27. The summed E-state index contributed by atoms with van der Waals surface area (Å²) in [5.41, 5.74) is 6.94. The summed E-state index contributed by atoms with van der Waals surface area (Å²) < 4.78 is 1.74. The minimum atomic E-state index is -0.170. The largest absolute Gasteiger partial charge is 0.389 e. The summed E-state index contributed by atoms with van der Waals surface area (Å²) in [6.07, 6.45) is 0. The Labute approximate surface area is 136 Å². The van der Waals surface area contributed by atoms with Gasteiger partial charge in [0.05, 0.1) is 8.66 Å². The molecule has 0 atom stereocenters. The van der Waals surface area contributed by atoms with Gasteiger partial charge in [-0.2, -0.15) is 0 Å². The molecule has 7 heteroatoms. The summed E-state index contributed by atoms with van der Waals surface area (Å²) in [5, 5.41) is 2.81. The van der Waals surface area contributed by atoms with Gasteiger partial charge in [0, 0.05) is 15.7 Å². The maximum absolute atomic E-state index is 12.1. The van der Waals surface area contributed by atoms with E-state index >= 15 is 0 Å². The van der Waals surface area contributed by atoms with Crippen LogP contribution in [0.15, 0.2) is 38.6 Å². The quantitative estimate of drug-likeness (QED) is 0.734. The van der Waals surface area contributed by atoms with Crippen LogP contribution >= 0.6 is 55.4 Å². The molecule has 0 bridgehead atoms. The van der Waals surface area contributed by atoms with Crippen LogP contribution in [0, 0.1) is 0 Å². The minimum Gasteiger partial charge on any atom is -0.389 e. The van der Waals surface area contributed by atoms with Gasteiger partial charge in [0.25, 0.3) is 5.91 Å². The second-order valence-electron chi connectivity index (χ2n) is 3.63. The molecule has 1 aromatic carbocycles. The highest BCUT2D eigenvalue weighted by Gasteiger charge is 2.12. The number of hydrogen-bond acceptors (Lipinski definition) is 3. The Morgan fingerprint density at radius 1 is 1.32 bits per heavy atom. The molecule has 2 aromatic rings. The predicted octanol–water partition coefficient (Wildman–Crippen LogP) is 4.16. The minimum absolute atomic E-state index is 0.170. The van der Waals surface area contributed by atoms with Crippen LogP contribution in [-0.4, -0.2) is 10.9 Å². The standard InChI is InChI=1S/C12H8Br2N2OS2/c13-8-5-9(19-10(8)14)12(17)16-7-3-1-2-6(4-7)11(15)18/h1-5H,(H2,15,18)(H,16,17). The SMILES string of the molecule is NC(=S)c1cccc(NC(=O)c2cc(Br)c(Br)s2)c1. The van der Waals surface area contributed by atoms with E-state index in [1.54, 1.807) is 30.3 Å². The lowest BCUT2D eigenvalue weighted by Crippen LogP contribution is -2.12. The van der Waals surface area contributed by atoms with Crippen molar-refractivity contribution < 1.29 is 4.79 Å². The number of amides is 1. The molecule has 0 aliphatic heterocycles. The van der Waals surface area contributed by atoms with E-state index in [1.165, 1.54) is 11.3 Å². The van der Waals surface area contributed by atoms with Crippen molar-refractivity contribution in [3.8, 4) is 0 Å². The lowest BCUT2D eigenvalue weighted by molar-refractivity contribution is 0.103. The zero-order valence-corrected chi connectivity index (χ0v) is 14.2. The van der Waals surface area contributed by atoms with Crippen molar-refractivity contribution >= 4 is 72.0 Å². The Bertz CT molecular complexity index is 635. The highest BCUT2D eigenvalue weighted by Crippen LogP contribution is 2.32. The molecule has 1 heterocycles. The summed E-state index contributed by atoms with van der Waals surface area (Å²) in [6.45, 7) is 0. The first-order valence-corrected chi connectivity index (χ1v) is 7.94. The zero-order chi connectivity index (χ0) is 14.0. The number of nitrogens with one attached hydrogen (secondary N) is 1. The van der Waals surface area contributed by atoms with Crippen molar-refractivity contribution in [1.29, 1.82) is 0 Å². The van der Waals surface area contributed by atoms with Crippen molar-refractivity contribution in [2.45, 2.75) is 0 Å². The van der Waals surface area contributed by atoms with Gasteiger partial charge in [0.2, 0.25) is 0 Å². The van der Waals surface area contributed by atoms with Crippen molar-refractivity contribution in [1.82, 2.24) is 0 Å². The van der Waals surface area contributed by atoms with Crippen LogP contribution in [-0.2, 0) is 0 Å². The molecule has 0 aliphatic carbocycles. The Kier molecular flexibility index (Phi) is 4.72. The molecule has 1 aromatic heterocycles. The van der Waals surface area contributed by atoms with Gasteiger partial charge >= 0.3 is 0 Å². The van der Waals surface area contributed by atoms with Crippen LogP contribution in [0.1, 0.15) is 15.2 Å². The van der Waals surface area contributed by atoms with Crippen LogP contribution in [0.5, 0.6) is 0 Å². The van der Waals surface area contributed by atoms with Crippen LogP contribution in [0.3, 0.4) is 0 Å². The maximum atomic E-state index is 12.1. The Hall–Kier alpha value is -0.760. The Morgan fingerprint density at radius 2 is 2.05 bits per heavy atom. The topological polar surface area (TPSA) is 55.1 Å². The average molecular weight is 420 g/mol. The molecular weight excluding hydrogens is 412 g/mol. The predicted molar refractivity (Wildman–Crippen MR) is 90.0 cm³/mol. The van der Waals surface area contributed by atoms with Gasteiger partial charge in [-0.05, 0) is 50.1 Å². The Balaban J connectivity index is 2.19. The number of nitrogens with two attached hydrogens (primary N) is 1. The lowest BCUT2D eigenvalue weighted by atomic mass is 10.2. The molecule has 0 unspecified atom stereocenters. The molecule has 0 spiro atoms. The van der Waals surface area contributed by atoms with E-state index in [0.717, 1.165) is 13.8 Å². The normalized spacial score (nSPS) is 10.2. The van der Waals surface area contributed by atoms with Gasteiger partial charge in [0.15, 0.2) is 0 Å². The zero-order valence-electron chi connectivity index (χ0n) is 9.44. The third kappa shape index (κ3) is 3.62. The van der Waals surface area contributed by atoms with E-state index < -0.39 is 0 Å². The number of hydrogen-bond donors (Lipinski definition) is 2. The summed E-state index contributed by atoms with van der Waals surface area (Å²) in [5.74, 6) is -0.170. The summed E-state index contributed by atoms with van der Waals surface area (Å²) in [6, 6.07) is 8.90. The van der Waals surface area contributed by atoms with Crippen LogP contribution in [0.4, 0.5) is 5.69 Å². The maximum Gasteiger partial charge on any atom is 0.265 e. The molecule has 2 rings (SSSR count). The van der Waals surface area contributed by atoms with E-state index in [9.17, 15) is 4.79 Å².